The van der Waals surface area contributed by atoms with Crippen molar-refractivity contribution in [2.75, 3.05) is 19.6 Å². The van der Waals surface area contributed by atoms with Crippen LogP contribution in [-0.2, 0) is 14.8 Å². The van der Waals surface area contributed by atoms with Crippen LogP contribution in [0, 0.1) is 5.92 Å². The fourth-order valence-corrected chi connectivity index (χ4v) is 4.60. The molecule has 8 heteroatoms. The first-order valence-electron chi connectivity index (χ1n) is 8.70. The number of rotatable bonds is 6. The Morgan fingerprint density at radius 1 is 1.22 bits per heavy atom. The number of halogens is 1. The van der Waals surface area contributed by atoms with Crippen molar-refractivity contribution in [1.29, 1.82) is 0 Å². The Bertz CT molecular complexity index is 902. The predicted molar refractivity (Wildman–Crippen MR) is 104 cm³/mol. The number of furan rings is 1. The first-order valence-corrected chi connectivity index (χ1v) is 10.6. The molecule has 1 saturated heterocycles. The van der Waals surface area contributed by atoms with Crippen molar-refractivity contribution in [1.82, 2.24) is 9.62 Å². The molecule has 6 nitrogen and oxygen atoms in total. The summed E-state index contributed by atoms with van der Waals surface area (Å²) in [5, 5.41) is 0.203. The van der Waals surface area contributed by atoms with Crippen LogP contribution in [0.25, 0.3) is 6.08 Å². The SMILES string of the molecule is O=C(/C=C/c1ccco1)N1CCC(CNS(=O)(=O)c2ccccc2Cl)CC1. The molecule has 3 rings (SSSR count). The third kappa shape index (κ3) is 5.22. The minimum Gasteiger partial charge on any atom is -0.465 e. The quantitative estimate of drug-likeness (QED) is 0.744. The molecule has 27 heavy (non-hydrogen) atoms. The van der Waals surface area contributed by atoms with Crippen LogP contribution < -0.4 is 4.72 Å². The van der Waals surface area contributed by atoms with Gasteiger partial charge in [0.05, 0.1) is 11.3 Å². The third-order valence-corrected chi connectivity index (χ3v) is 6.47. The lowest BCUT2D eigenvalue weighted by Gasteiger charge is -2.31. The summed E-state index contributed by atoms with van der Waals surface area (Å²) in [7, 11) is -3.64. The van der Waals surface area contributed by atoms with Crippen LogP contribution in [-0.4, -0.2) is 38.9 Å². The van der Waals surface area contributed by atoms with Gasteiger partial charge in [-0.05, 0) is 49.1 Å². The summed E-state index contributed by atoms with van der Waals surface area (Å²) >= 11 is 5.97. The molecule has 1 fully saturated rings. The summed E-state index contributed by atoms with van der Waals surface area (Å²) in [5.41, 5.74) is 0. The summed E-state index contributed by atoms with van der Waals surface area (Å²) in [6.45, 7) is 1.53. The largest absolute Gasteiger partial charge is 0.465 e. The molecule has 1 amide bonds. The number of hydrogen-bond donors (Lipinski definition) is 1. The highest BCUT2D eigenvalue weighted by molar-refractivity contribution is 7.89. The van der Waals surface area contributed by atoms with Crippen LogP contribution in [0.5, 0.6) is 0 Å². The second kappa shape index (κ2) is 8.73. The topological polar surface area (TPSA) is 79.6 Å². The van der Waals surface area contributed by atoms with Crippen LogP contribution in [0.15, 0.2) is 58.1 Å². The van der Waals surface area contributed by atoms with Crippen LogP contribution in [0.2, 0.25) is 5.02 Å². The number of amides is 1. The number of carbonyl (C=O) groups excluding carboxylic acids is 1. The molecule has 0 bridgehead atoms. The summed E-state index contributed by atoms with van der Waals surface area (Å²) < 4.78 is 32.6. The first kappa shape index (κ1) is 19.7. The Labute approximate surface area is 163 Å². The monoisotopic (exact) mass is 408 g/mol. The zero-order valence-corrected chi connectivity index (χ0v) is 16.2. The number of carbonyl (C=O) groups is 1. The van der Waals surface area contributed by atoms with E-state index in [-0.39, 0.29) is 21.7 Å². The van der Waals surface area contributed by atoms with Gasteiger partial charge in [-0.2, -0.15) is 0 Å². The fraction of sp³-hybridized carbons (Fsp3) is 0.316. The molecule has 1 aliphatic rings. The molecule has 2 heterocycles. The summed E-state index contributed by atoms with van der Waals surface area (Å²) in [6.07, 6.45) is 6.18. The Morgan fingerprint density at radius 2 is 1.96 bits per heavy atom. The van der Waals surface area contributed by atoms with Crippen LogP contribution in [0.1, 0.15) is 18.6 Å². The number of hydrogen-bond acceptors (Lipinski definition) is 4. The van der Waals surface area contributed by atoms with Crippen molar-refractivity contribution < 1.29 is 17.6 Å². The molecule has 0 atom stereocenters. The third-order valence-electron chi connectivity index (χ3n) is 4.55. The fourth-order valence-electron chi connectivity index (χ4n) is 2.97. The minimum absolute atomic E-state index is 0.0681. The van der Waals surface area contributed by atoms with Crippen LogP contribution >= 0.6 is 11.6 Å². The molecule has 0 radical (unpaired) electrons. The number of nitrogens with one attached hydrogen (secondary N) is 1. The summed E-state index contributed by atoms with van der Waals surface area (Å²) in [4.78, 5) is 14.1. The zero-order valence-electron chi connectivity index (χ0n) is 14.7. The van der Waals surface area contributed by atoms with Gasteiger partial charge in [0.25, 0.3) is 0 Å². The van der Waals surface area contributed by atoms with Crippen molar-refractivity contribution in [2.45, 2.75) is 17.7 Å². The number of sulfonamides is 1. The van der Waals surface area contributed by atoms with E-state index in [0.717, 1.165) is 12.8 Å². The van der Waals surface area contributed by atoms with Gasteiger partial charge < -0.3 is 9.32 Å². The molecular formula is C19H21ClN2O4S. The predicted octanol–water partition coefficient (Wildman–Crippen LogP) is 3.16. The normalized spacial score (nSPS) is 16.1. The maximum absolute atomic E-state index is 12.4. The van der Waals surface area contributed by atoms with Gasteiger partial charge in [-0.3, -0.25) is 4.79 Å². The van der Waals surface area contributed by atoms with E-state index in [4.69, 9.17) is 16.0 Å². The highest BCUT2D eigenvalue weighted by Crippen LogP contribution is 2.22. The molecule has 0 spiro atoms. The number of benzene rings is 1. The summed E-state index contributed by atoms with van der Waals surface area (Å²) in [6, 6.07) is 9.91. The van der Waals surface area contributed by atoms with E-state index in [1.807, 2.05) is 0 Å². The highest BCUT2D eigenvalue weighted by Gasteiger charge is 2.24. The van der Waals surface area contributed by atoms with Crippen molar-refractivity contribution >= 4 is 33.6 Å². The lowest BCUT2D eigenvalue weighted by Crippen LogP contribution is -2.41. The number of nitrogens with zero attached hydrogens (tertiary/aromatic N) is 1. The van der Waals surface area contributed by atoms with Gasteiger partial charge in [-0.25, -0.2) is 13.1 Å². The van der Waals surface area contributed by atoms with E-state index in [1.54, 1.807) is 47.6 Å². The van der Waals surface area contributed by atoms with Crippen molar-refractivity contribution in [3.05, 3.63) is 59.5 Å². The van der Waals surface area contributed by atoms with E-state index >= 15 is 0 Å². The zero-order chi connectivity index (χ0) is 19.3. The maximum Gasteiger partial charge on any atom is 0.246 e. The molecule has 1 aromatic heterocycles. The number of likely N-dealkylation sites (tertiary alicyclic amines) is 1. The molecule has 0 unspecified atom stereocenters. The van der Waals surface area contributed by atoms with E-state index in [1.165, 1.54) is 12.1 Å². The van der Waals surface area contributed by atoms with Gasteiger partial charge in [0, 0.05) is 25.7 Å². The first-order chi connectivity index (χ1) is 13.0. The summed E-state index contributed by atoms with van der Waals surface area (Å²) in [5.74, 6) is 0.745. The lowest BCUT2D eigenvalue weighted by atomic mass is 9.97. The Morgan fingerprint density at radius 3 is 2.63 bits per heavy atom. The van der Waals surface area contributed by atoms with Crippen LogP contribution in [0.3, 0.4) is 0 Å². The Kier molecular flexibility index (Phi) is 6.36. The number of piperidine rings is 1. The van der Waals surface area contributed by atoms with Crippen molar-refractivity contribution in [3.8, 4) is 0 Å². The molecule has 1 aromatic carbocycles. The van der Waals surface area contributed by atoms with Crippen LogP contribution in [0.4, 0.5) is 0 Å². The van der Waals surface area contributed by atoms with Gasteiger partial charge in [0.2, 0.25) is 15.9 Å². The Balaban J connectivity index is 1.48. The van der Waals surface area contributed by atoms with Gasteiger partial charge in [0.1, 0.15) is 10.7 Å². The molecule has 2 aromatic rings. The van der Waals surface area contributed by atoms with Gasteiger partial charge in [-0.1, -0.05) is 23.7 Å². The molecule has 0 saturated carbocycles. The smallest absolute Gasteiger partial charge is 0.246 e. The standard InChI is InChI=1S/C19H21ClN2O4S/c20-17-5-1-2-6-18(17)27(24,25)21-14-15-9-11-22(12-10-15)19(23)8-7-16-4-3-13-26-16/h1-8,13,15,21H,9-12,14H2/b8-7+. The lowest BCUT2D eigenvalue weighted by molar-refractivity contribution is -0.127. The molecule has 1 N–H and O–H groups in total. The average molecular weight is 409 g/mol. The van der Waals surface area contributed by atoms with E-state index < -0.39 is 10.0 Å². The average Bonchev–Trinajstić information content (AvgIpc) is 3.19. The minimum atomic E-state index is -3.64. The van der Waals surface area contributed by atoms with Crippen molar-refractivity contribution in [3.63, 3.8) is 0 Å². The van der Waals surface area contributed by atoms with Gasteiger partial charge in [0.15, 0.2) is 0 Å². The molecule has 144 valence electrons. The van der Waals surface area contributed by atoms with E-state index in [0.29, 0.717) is 25.4 Å². The van der Waals surface area contributed by atoms with E-state index in [9.17, 15) is 13.2 Å². The van der Waals surface area contributed by atoms with E-state index in [2.05, 4.69) is 4.72 Å². The maximum atomic E-state index is 12.4. The molecular weight excluding hydrogens is 388 g/mol. The second-order valence-electron chi connectivity index (χ2n) is 6.40. The van der Waals surface area contributed by atoms with Gasteiger partial charge in [-0.15, -0.1) is 0 Å². The molecule has 0 aliphatic carbocycles. The Hall–Kier alpha value is -2.09. The second-order valence-corrected chi connectivity index (χ2v) is 8.54. The molecule has 1 aliphatic heterocycles. The highest BCUT2D eigenvalue weighted by atomic mass is 35.5. The van der Waals surface area contributed by atoms with Crippen molar-refractivity contribution in [2.24, 2.45) is 5.92 Å². The van der Waals surface area contributed by atoms with Gasteiger partial charge >= 0.3 is 0 Å².